The normalized spacial score (nSPS) is 18.5. The number of carbonyl (C=O) groups excluding carboxylic acids is 1. The van der Waals surface area contributed by atoms with Crippen molar-refractivity contribution in [1.82, 2.24) is 19.9 Å². The highest BCUT2D eigenvalue weighted by atomic mass is 16.2. The van der Waals surface area contributed by atoms with E-state index in [9.17, 15) is 9.59 Å². The number of nitrogens with zero attached hydrogens (tertiary/aromatic N) is 3. The summed E-state index contributed by atoms with van der Waals surface area (Å²) in [5.74, 6) is 0.166. The average molecular weight is 284 g/mol. The largest absolute Gasteiger partial charge is 0.338 e. The lowest BCUT2D eigenvalue weighted by molar-refractivity contribution is 0.0705. The number of H-pyrrole nitrogens is 1. The Morgan fingerprint density at radius 1 is 1.33 bits per heavy atom. The molecule has 0 radical (unpaired) electrons. The summed E-state index contributed by atoms with van der Waals surface area (Å²) in [5, 5.41) is 0. The van der Waals surface area contributed by atoms with E-state index < -0.39 is 0 Å². The Labute approximate surface area is 121 Å². The lowest BCUT2D eigenvalue weighted by Gasteiger charge is -2.32. The molecular weight excluding hydrogens is 268 g/mol. The van der Waals surface area contributed by atoms with Crippen LogP contribution >= 0.6 is 0 Å². The third-order valence-corrected chi connectivity index (χ3v) is 3.74. The molecule has 1 fully saturated rings. The van der Waals surface area contributed by atoms with Crippen molar-refractivity contribution >= 4 is 5.91 Å². The number of amides is 1. The molecule has 1 amide bonds. The molecule has 0 aliphatic carbocycles. The minimum Gasteiger partial charge on any atom is -0.338 e. The zero-order chi connectivity index (χ0) is 14.7. The Bertz CT molecular complexity index is 663. The van der Waals surface area contributed by atoms with Crippen molar-refractivity contribution in [3.8, 4) is 0 Å². The van der Waals surface area contributed by atoms with E-state index in [4.69, 9.17) is 0 Å². The number of aromatic nitrogens is 3. The van der Waals surface area contributed by atoms with Gasteiger partial charge in [0.05, 0.1) is 11.3 Å². The molecule has 1 atom stereocenters. The van der Waals surface area contributed by atoms with Crippen LogP contribution < -0.4 is 5.56 Å². The fourth-order valence-electron chi connectivity index (χ4n) is 2.65. The molecular formula is C15H16N4O2. The van der Waals surface area contributed by atoms with Gasteiger partial charge in [0.2, 0.25) is 5.56 Å². The summed E-state index contributed by atoms with van der Waals surface area (Å²) in [6.07, 6.45) is 8.51. The minimum absolute atomic E-state index is 0.0557. The van der Waals surface area contributed by atoms with Crippen molar-refractivity contribution < 1.29 is 4.79 Å². The van der Waals surface area contributed by atoms with E-state index in [0.717, 1.165) is 25.1 Å². The van der Waals surface area contributed by atoms with E-state index in [-0.39, 0.29) is 17.4 Å². The third-order valence-electron chi connectivity index (χ3n) is 3.74. The van der Waals surface area contributed by atoms with Gasteiger partial charge >= 0.3 is 0 Å². The van der Waals surface area contributed by atoms with E-state index in [0.29, 0.717) is 12.1 Å². The van der Waals surface area contributed by atoms with Crippen LogP contribution in [0.25, 0.3) is 0 Å². The molecule has 1 saturated heterocycles. The first kappa shape index (κ1) is 13.5. The predicted octanol–water partition coefficient (Wildman–Crippen LogP) is 1.18. The molecule has 2 aromatic rings. The Kier molecular flexibility index (Phi) is 3.77. The van der Waals surface area contributed by atoms with Crippen LogP contribution in [0.3, 0.4) is 0 Å². The molecule has 1 aliphatic rings. The summed E-state index contributed by atoms with van der Waals surface area (Å²) in [6.45, 7) is 1.37. The molecule has 1 unspecified atom stereocenters. The zero-order valence-electron chi connectivity index (χ0n) is 11.5. The second kappa shape index (κ2) is 5.87. The van der Waals surface area contributed by atoms with Gasteiger partial charge in [0.25, 0.3) is 5.91 Å². The lowest BCUT2D eigenvalue weighted by Crippen LogP contribution is -2.39. The van der Waals surface area contributed by atoms with Crippen LogP contribution in [0.4, 0.5) is 0 Å². The van der Waals surface area contributed by atoms with Gasteiger partial charge in [-0.15, -0.1) is 0 Å². The van der Waals surface area contributed by atoms with Gasteiger partial charge < -0.3 is 9.88 Å². The maximum Gasteiger partial charge on any atom is 0.255 e. The van der Waals surface area contributed by atoms with Crippen molar-refractivity contribution in [2.75, 3.05) is 13.1 Å². The molecule has 1 N–H and O–H groups in total. The van der Waals surface area contributed by atoms with Crippen LogP contribution in [0, 0.1) is 0 Å². The van der Waals surface area contributed by atoms with Gasteiger partial charge in [0.15, 0.2) is 0 Å². The zero-order valence-corrected chi connectivity index (χ0v) is 11.5. The maximum atomic E-state index is 12.5. The van der Waals surface area contributed by atoms with Gasteiger partial charge in [0, 0.05) is 49.9 Å². The summed E-state index contributed by atoms with van der Waals surface area (Å²) in [5.41, 5.74) is 1.23. The summed E-state index contributed by atoms with van der Waals surface area (Å²) < 4.78 is 0. The lowest BCUT2D eigenvalue weighted by atomic mass is 9.94. The Balaban J connectivity index is 1.75. The highest BCUT2D eigenvalue weighted by molar-refractivity contribution is 5.93. The van der Waals surface area contributed by atoms with Crippen LogP contribution in [0.1, 0.15) is 34.8 Å². The summed E-state index contributed by atoms with van der Waals surface area (Å²) in [6, 6.07) is 2.93. The molecule has 6 nitrogen and oxygen atoms in total. The third kappa shape index (κ3) is 2.99. The van der Waals surface area contributed by atoms with E-state index in [1.54, 1.807) is 24.7 Å². The Hall–Kier alpha value is -2.50. The highest BCUT2D eigenvalue weighted by Gasteiger charge is 2.26. The van der Waals surface area contributed by atoms with Crippen LogP contribution in [-0.4, -0.2) is 38.8 Å². The van der Waals surface area contributed by atoms with E-state index in [1.807, 2.05) is 4.90 Å². The molecule has 6 heteroatoms. The molecule has 0 spiro atoms. The average Bonchev–Trinajstić information content (AvgIpc) is 2.56. The summed E-state index contributed by atoms with van der Waals surface area (Å²) >= 11 is 0. The standard InChI is InChI=1S/C15H16N4O2/c20-14-4-3-11(8-18-14)15(21)19-7-1-2-12(10-19)13-9-16-5-6-17-13/h3-6,8-9,12H,1-2,7,10H2,(H,18,20). The van der Waals surface area contributed by atoms with E-state index in [2.05, 4.69) is 15.0 Å². The first-order chi connectivity index (χ1) is 10.2. The number of pyridine rings is 1. The first-order valence-electron chi connectivity index (χ1n) is 6.98. The second-order valence-electron chi connectivity index (χ2n) is 5.16. The van der Waals surface area contributed by atoms with Crippen molar-refractivity contribution in [3.63, 3.8) is 0 Å². The fraction of sp³-hybridized carbons (Fsp3) is 0.333. The molecule has 0 bridgehead atoms. The maximum absolute atomic E-state index is 12.5. The van der Waals surface area contributed by atoms with Crippen molar-refractivity contribution in [3.05, 3.63) is 58.5 Å². The van der Waals surface area contributed by atoms with Gasteiger partial charge in [-0.25, -0.2) is 0 Å². The molecule has 2 aromatic heterocycles. The van der Waals surface area contributed by atoms with Gasteiger partial charge in [-0.05, 0) is 18.9 Å². The van der Waals surface area contributed by atoms with E-state index >= 15 is 0 Å². The molecule has 0 saturated carbocycles. The number of hydrogen-bond acceptors (Lipinski definition) is 4. The topological polar surface area (TPSA) is 79.0 Å². The smallest absolute Gasteiger partial charge is 0.255 e. The van der Waals surface area contributed by atoms with Crippen LogP contribution in [0.2, 0.25) is 0 Å². The Morgan fingerprint density at radius 3 is 2.95 bits per heavy atom. The molecule has 3 heterocycles. The van der Waals surface area contributed by atoms with Crippen LogP contribution in [0.5, 0.6) is 0 Å². The van der Waals surface area contributed by atoms with E-state index in [1.165, 1.54) is 12.3 Å². The first-order valence-corrected chi connectivity index (χ1v) is 6.98. The molecule has 0 aromatic carbocycles. The number of likely N-dealkylation sites (tertiary alicyclic amines) is 1. The number of carbonyl (C=O) groups is 1. The molecule has 3 rings (SSSR count). The summed E-state index contributed by atoms with van der Waals surface area (Å²) in [7, 11) is 0. The Morgan fingerprint density at radius 2 is 2.24 bits per heavy atom. The quantitative estimate of drug-likeness (QED) is 0.898. The van der Waals surface area contributed by atoms with Crippen molar-refractivity contribution in [1.29, 1.82) is 0 Å². The second-order valence-corrected chi connectivity index (χ2v) is 5.16. The van der Waals surface area contributed by atoms with Gasteiger partial charge in [-0.3, -0.25) is 19.6 Å². The number of hydrogen-bond donors (Lipinski definition) is 1. The minimum atomic E-state index is -0.206. The number of piperidine rings is 1. The SMILES string of the molecule is O=C(c1ccc(=O)[nH]c1)N1CCCC(c2cnccn2)C1. The predicted molar refractivity (Wildman–Crippen MR) is 77.0 cm³/mol. The van der Waals surface area contributed by atoms with Crippen molar-refractivity contribution in [2.45, 2.75) is 18.8 Å². The van der Waals surface area contributed by atoms with Gasteiger partial charge in [0.1, 0.15) is 0 Å². The number of nitrogens with one attached hydrogen (secondary N) is 1. The van der Waals surface area contributed by atoms with Crippen LogP contribution in [-0.2, 0) is 0 Å². The fourth-order valence-corrected chi connectivity index (χ4v) is 2.65. The summed E-state index contributed by atoms with van der Waals surface area (Å²) in [4.78, 5) is 36.3. The molecule has 108 valence electrons. The number of rotatable bonds is 2. The van der Waals surface area contributed by atoms with Gasteiger partial charge in [-0.2, -0.15) is 0 Å². The van der Waals surface area contributed by atoms with Gasteiger partial charge in [-0.1, -0.05) is 0 Å². The van der Waals surface area contributed by atoms with Crippen LogP contribution in [0.15, 0.2) is 41.7 Å². The van der Waals surface area contributed by atoms with Crippen molar-refractivity contribution in [2.24, 2.45) is 0 Å². The number of aromatic amines is 1. The monoisotopic (exact) mass is 284 g/mol. The molecule has 21 heavy (non-hydrogen) atoms. The molecule has 1 aliphatic heterocycles. The highest BCUT2D eigenvalue weighted by Crippen LogP contribution is 2.25.